The van der Waals surface area contributed by atoms with Crippen LogP contribution in [0.4, 0.5) is 4.39 Å². The quantitative estimate of drug-likeness (QED) is 0.871. The zero-order valence-corrected chi connectivity index (χ0v) is 14.0. The van der Waals surface area contributed by atoms with Crippen LogP contribution in [-0.4, -0.2) is 28.5 Å². The predicted octanol–water partition coefficient (Wildman–Crippen LogP) is 2.13. The molecule has 6 heteroatoms. The van der Waals surface area contributed by atoms with Gasteiger partial charge in [-0.25, -0.2) is 4.39 Å². The largest absolute Gasteiger partial charge is 0.489 e. The lowest BCUT2D eigenvalue weighted by Crippen LogP contribution is -2.47. The van der Waals surface area contributed by atoms with Gasteiger partial charge in [0.15, 0.2) is 0 Å². The average Bonchev–Trinajstić information content (AvgIpc) is 2.59. The van der Waals surface area contributed by atoms with Crippen LogP contribution < -0.4 is 10.5 Å². The van der Waals surface area contributed by atoms with Crippen molar-refractivity contribution in [3.8, 4) is 5.75 Å². The Bertz CT molecular complexity index is 781. The van der Waals surface area contributed by atoms with Crippen molar-refractivity contribution >= 4 is 5.91 Å². The lowest BCUT2D eigenvalue weighted by atomic mass is 9.96. The molecule has 3 rings (SSSR count). The highest BCUT2D eigenvalue weighted by molar-refractivity contribution is 5.79. The fourth-order valence-corrected chi connectivity index (χ4v) is 3.05. The minimum absolute atomic E-state index is 0.268. The number of nitrogens with two attached hydrogens (primary N) is 1. The molecule has 3 N–H and O–H groups in total. The van der Waals surface area contributed by atoms with Gasteiger partial charge in [0, 0.05) is 6.54 Å². The summed E-state index contributed by atoms with van der Waals surface area (Å²) >= 11 is 0. The lowest BCUT2D eigenvalue weighted by molar-refractivity contribution is -0.128. The first-order valence-corrected chi connectivity index (χ1v) is 8.19. The smallest absolute Gasteiger partial charge is 0.234 e. The molecule has 132 valence electrons. The van der Waals surface area contributed by atoms with Crippen molar-refractivity contribution in [2.45, 2.75) is 32.2 Å². The molecule has 0 bridgehead atoms. The van der Waals surface area contributed by atoms with E-state index in [1.165, 1.54) is 12.1 Å². The van der Waals surface area contributed by atoms with Gasteiger partial charge in [-0.15, -0.1) is 0 Å². The summed E-state index contributed by atoms with van der Waals surface area (Å²) in [5.74, 6) is -0.0949. The van der Waals surface area contributed by atoms with Crippen molar-refractivity contribution in [1.29, 1.82) is 0 Å². The van der Waals surface area contributed by atoms with Crippen LogP contribution in [0.3, 0.4) is 0 Å². The van der Waals surface area contributed by atoms with Gasteiger partial charge in [-0.1, -0.05) is 18.2 Å². The van der Waals surface area contributed by atoms with Crippen molar-refractivity contribution in [3.63, 3.8) is 0 Å². The van der Waals surface area contributed by atoms with Gasteiger partial charge in [-0.05, 0) is 54.3 Å². The molecule has 25 heavy (non-hydrogen) atoms. The van der Waals surface area contributed by atoms with E-state index < -0.39 is 18.2 Å². The number of halogens is 1. The van der Waals surface area contributed by atoms with Gasteiger partial charge in [0.2, 0.25) is 5.91 Å². The lowest BCUT2D eigenvalue weighted by Gasteiger charge is -2.36. The van der Waals surface area contributed by atoms with E-state index in [0.29, 0.717) is 18.7 Å². The zero-order chi connectivity index (χ0) is 18.0. The van der Waals surface area contributed by atoms with Crippen LogP contribution in [0.5, 0.6) is 5.75 Å². The normalized spacial score (nSPS) is 18.4. The van der Waals surface area contributed by atoms with Crippen molar-refractivity contribution in [3.05, 3.63) is 65.0 Å². The van der Waals surface area contributed by atoms with Gasteiger partial charge in [-0.2, -0.15) is 0 Å². The van der Waals surface area contributed by atoms with E-state index in [0.717, 1.165) is 16.7 Å². The van der Waals surface area contributed by atoms with Crippen LogP contribution in [0.15, 0.2) is 42.5 Å². The first-order chi connectivity index (χ1) is 12.0. The molecule has 0 aromatic heterocycles. The van der Waals surface area contributed by atoms with E-state index in [2.05, 4.69) is 0 Å². The Labute approximate surface area is 145 Å². The number of hydrogen-bond acceptors (Lipinski definition) is 4. The average molecular weight is 344 g/mol. The molecule has 0 fully saturated rings. The third-order valence-corrected chi connectivity index (χ3v) is 4.55. The Balaban J connectivity index is 1.72. The maximum atomic E-state index is 13.2. The van der Waals surface area contributed by atoms with Crippen molar-refractivity contribution in [2.75, 3.05) is 6.54 Å². The molecule has 0 saturated carbocycles. The number of carbonyl (C=O) groups is 1. The number of nitrogens with zero attached hydrogens (tertiary/aromatic N) is 1. The molecule has 0 aliphatic carbocycles. The Morgan fingerprint density at radius 2 is 2.20 bits per heavy atom. The molecule has 1 aliphatic heterocycles. The summed E-state index contributed by atoms with van der Waals surface area (Å²) in [4.78, 5) is 13.1. The third-order valence-electron chi connectivity index (χ3n) is 4.55. The fraction of sp³-hybridized carbons (Fsp3) is 0.316. The van der Waals surface area contributed by atoms with Crippen LogP contribution in [0, 0.1) is 5.82 Å². The van der Waals surface area contributed by atoms with E-state index in [1.54, 1.807) is 36.1 Å². The summed E-state index contributed by atoms with van der Waals surface area (Å²) in [6.07, 6.45) is -0.190. The minimum Gasteiger partial charge on any atom is -0.489 e. The molecule has 2 unspecified atom stereocenters. The number of hydrogen-bond donors (Lipinski definition) is 2. The Morgan fingerprint density at radius 3 is 2.92 bits per heavy atom. The van der Waals surface area contributed by atoms with Gasteiger partial charge in [-0.3, -0.25) is 9.69 Å². The Hall–Kier alpha value is -2.44. The summed E-state index contributed by atoms with van der Waals surface area (Å²) in [6, 6.07) is 11.2. The van der Waals surface area contributed by atoms with E-state index in [1.807, 2.05) is 6.07 Å². The molecule has 1 heterocycles. The Kier molecular flexibility index (Phi) is 5.01. The van der Waals surface area contributed by atoms with E-state index >= 15 is 0 Å². The standard InChI is InChI=1S/C19H21FN2O3/c1-12(18(21)23)22-8-7-14-10-16(5-6-17(14)19(22)24)25-11-13-3-2-4-15(20)9-13/h2-6,9-10,12,19,24H,7-8,11H2,1H3,(H2,21,23). The highest BCUT2D eigenvalue weighted by atomic mass is 19.1. The second-order valence-electron chi connectivity index (χ2n) is 6.22. The first-order valence-electron chi connectivity index (χ1n) is 8.19. The monoisotopic (exact) mass is 344 g/mol. The number of fused-ring (bicyclic) bond motifs is 1. The van der Waals surface area contributed by atoms with Crippen LogP contribution >= 0.6 is 0 Å². The number of aliphatic hydroxyl groups excluding tert-OH is 1. The molecule has 0 saturated heterocycles. The van der Waals surface area contributed by atoms with E-state index in [9.17, 15) is 14.3 Å². The molecule has 2 aromatic carbocycles. The van der Waals surface area contributed by atoms with E-state index in [-0.39, 0.29) is 12.4 Å². The number of primary amides is 1. The van der Waals surface area contributed by atoms with Gasteiger partial charge in [0.05, 0.1) is 6.04 Å². The first kappa shape index (κ1) is 17.4. The molecule has 1 aliphatic rings. The molecule has 0 spiro atoms. The van der Waals surface area contributed by atoms with Gasteiger partial charge in [0.1, 0.15) is 24.4 Å². The zero-order valence-electron chi connectivity index (χ0n) is 14.0. The summed E-state index contributed by atoms with van der Waals surface area (Å²) in [5.41, 5.74) is 7.81. The fourth-order valence-electron chi connectivity index (χ4n) is 3.05. The van der Waals surface area contributed by atoms with Crippen molar-refractivity contribution < 1.29 is 19.0 Å². The maximum absolute atomic E-state index is 13.2. The van der Waals surface area contributed by atoms with Gasteiger partial charge in [0.25, 0.3) is 0 Å². The topological polar surface area (TPSA) is 75.8 Å². The SMILES string of the molecule is CC(C(N)=O)N1CCc2cc(OCc3cccc(F)c3)ccc2C1O. The van der Waals surface area contributed by atoms with Crippen LogP contribution in [-0.2, 0) is 17.8 Å². The highest BCUT2D eigenvalue weighted by Crippen LogP contribution is 2.31. The van der Waals surface area contributed by atoms with Crippen LogP contribution in [0.2, 0.25) is 0 Å². The third kappa shape index (κ3) is 3.81. The second-order valence-corrected chi connectivity index (χ2v) is 6.22. The van der Waals surface area contributed by atoms with Crippen LogP contribution in [0.25, 0.3) is 0 Å². The van der Waals surface area contributed by atoms with E-state index in [4.69, 9.17) is 10.5 Å². The number of amides is 1. The number of aliphatic hydroxyl groups is 1. The summed E-state index contributed by atoms with van der Waals surface area (Å²) in [5, 5.41) is 10.5. The van der Waals surface area contributed by atoms with Gasteiger partial charge >= 0.3 is 0 Å². The second kappa shape index (κ2) is 7.21. The van der Waals surface area contributed by atoms with Crippen molar-refractivity contribution in [2.24, 2.45) is 5.73 Å². The molecule has 0 radical (unpaired) electrons. The molecule has 2 aromatic rings. The molecular formula is C19H21FN2O3. The van der Waals surface area contributed by atoms with Crippen LogP contribution in [0.1, 0.15) is 29.8 Å². The molecule has 5 nitrogen and oxygen atoms in total. The number of carbonyl (C=O) groups excluding carboxylic acids is 1. The number of rotatable bonds is 5. The summed E-state index contributed by atoms with van der Waals surface area (Å²) in [6.45, 7) is 2.49. The molecule has 2 atom stereocenters. The predicted molar refractivity (Wildman–Crippen MR) is 91.2 cm³/mol. The van der Waals surface area contributed by atoms with Crippen molar-refractivity contribution in [1.82, 2.24) is 4.90 Å². The molecular weight excluding hydrogens is 323 g/mol. The number of benzene rings is 2. The highest BCUT2D eigenvalue weighted by Gasteiger charge is 2.31. The maximum Gasteiger partial charge on any atom is 0.234 e. The minimum atomic E-state index is -0.872. The van der Waals surface area contributed by atoms with Gasteiger partial charge < -0.3 is 15.6 Å². The summed E-state index contributed by atoms with van der Waals surface area (Å²) in [7, 11) is 0. The number of ether oxygens (including phenoxy) is 1. The Morgan fingerprint density at radius 1 is 1.40 bits per heavy atom. The summed E-state index contributed by atoms with van der Waals surface area (Å²) < 4.78 is 18.9. The molecule has 1 amide bonds.